The lowest BCUT2D eigenvalue weighted by Gasteiger charge is -2.25. The number of methoxy groups -OCH3 is 2. The first-order valence-electron chi connectivity index (χ1n) is 10.3. The molecule has 7 nitrogen and oxygen atoms in total. The quantitative estimate of drug-likeness (QED) is 0.528. The second-order valence-corrected chi connectivity index (χ2v) is 9.56. The number of ether oxygens (including phenoxy) is 2. The molecule has 1 N–H and O–H groups in total. The summed E-state index contributed by atoms with van der Waals surface area (Å²) in [6, 6.07) is 17.1. The van der Waals surface area contributed by atoms with E-state index >= 15 is 0 Å². The van der Waals surface area contributed by atoms with Gasteiger partial charge in [-0.3, -0.25) is 9.10 Å². The monoisotopic (exact) mass is 468 g/mol. The fourth-order valence-corrected chi connectivity index (χ4v) is 5.02. The number of hydrogen-bond donors (Lipinski definition) is 1. The van der Waals surface area contributed by atoms with E-state index in [2.05, 4.69) is 5.32 Å². The molecule has 0 saturated heterocycles. The highest BCUT2D eigenvalue weighted by atomic mass is 32.2. The summed E-state index contributed by atoms with van der Waals surface area (Å²) in [5.41, 5.74) is 3.59. The second kappa shape index (κ2) is 9.95. The summed E-state index contributed by atoms with van der Waals surface area (Å²) in [4.78, 5) is 13.0. The van der Waals surface area contributed by atoms with Crippen molar-refractivity contribution in [3.05, 3.63) is 77.4 Å². The molecule has 0 aliphatic heterocycles. The molecule has 33 heavy (non-hydrogen) atoms. The van der Waals surface area contributed by atoms with Gasteiger partial charge in [0, 0.05) is 5.69 Å². The van der Waals surface area contributed by atoms with Gasteiger partial charge in [0.2, 0.25) is 5.91 Å². The average Bonchev–Trinajstić information content (AvgIpc) is 2.80. The molecule has 0 unspecified atom stereocenters. The van der Waals surface area contributed by atoms with Crippen LogP contribution in [-0.2, 0) is 14.8 Å². The maximum atomic E-state index is 13.8. The number of amides is 1. The maximum Gasteiger partial charge on any atom is 0.268 e. The molecule has 0 aliphatic rings. The highest BCUT2D eigenvalue weighted by Gasteiger charge is 2.30. The molecule has 0 bridgehead atoms. The number of anilines is 2. The number of benzene rings is 3. The lowest BCUT2D eigenvalue weighted by Crippen LogP contribution is -2.38. The standard InChI is InChI=1S/C25H28N2O5S/c1-17-6-8-19(3)22(14-17)26-25(28)16-27(20-9-11-21(31-4)12-10-20)33(29,30)24-15-18(2)7-13-23(24)32-5/h6-15H,16H2,1-5H3,(H,26,28). The van der Waals surface area contributed by atoms with Crippen LogP contribution in [0.5, 0.6) is 11.5 Å². The van der Waals surface area contributed by atoms with Gasteiger partial charge in [0.1, 0.15) is 22.9 Å². The van der Waals surface area contributed by atoms with E-state index in [1.165, 1.54) is 20.3 Å². The molecule has 0 saturated carbocycles. The largest absolute Gasteiger partial charge is 0.497 e. The van der Waals surface area contributed by atoms with Crippen molar-refractivity contribution in [2.45, 2.75) is 25.7 Å². The van der Waals surface area contributed by atoms with Gasteiger partial charge < -0.3 is 14.8 Å². The molecule has 3 rings (SSSR count). The van der Waals surface area contributed by atoms with E-state index in [9.17, 15) is 13.2 Å². The van der Waals surface area contributed by atoms with E-state index in [-0.39, 0.29) is 10.6 Å². The molecule has 0 spiro atoms. The van der Waals surface area contributed by atoms with Crippen molar-refractivity contribution in [2.75, 3.05) is 30.4 Å². The van der Waals surface area contributed by atoms with Crippen molar-refractivity contribution >= 4 is 27.3 Å². The first-order chi connectivity index (χ1) is 15.6. The third-order valence-electron chi connectivity index (χ3n) is 5.20. The van der Waals surface area contributed by atoms with Crippen LogP contribution < -0.4 is 19.1 Å². The molecule has 8 heteroatoms. The zero-order valence-corrected chi connectivity index (χ0v) is 20.2. The Kier molecular flexibility index (Phi) is 7.28. The first kappa shape index (κ1) is 24.1. The van der Waals surface area contributed by atoms with Crippen molar-refractivity contribution in [3.63, 3.8) is 0 Å². The van der Waals surface area contributed by atoms with E-state index < -0.39 is 22.5 Å². The van der Waals surface area contributed by atoms with Gasteiger partial charge in [-0.2, -0.15) is 0 Å². The highest BCUT2D eigenvalue weighted by molar-refractivity contribution is 7.93. The van der Waals surface area contributed by atoms with Crippen LogP contribution in [-0.4, -0.2) is 35.1 Å². The molecular formula is C25H28N2O5S. The van der Waals surface area contributed by atoms with E-state index in [0.717, 1.165) is 21.0 Å². The van der Waals surface area contributed by atoms with Crippen LogP contribution in [0, 0.1) is 20.8 Å². The van der Waals surface area contributed by atoms with E-state index in [4.69, 9.17) is 9.47 Å². The molecule has 0 atom stereocenters. The van der Waals surface area contributed by atoms with E-state index in [1.54, 1.807) is 43.3 Å². The fraction of sp³-hybridized carbons (Fsp3) is 0.240. The second-order valence-electron chi connectivity index (χ2n) is 7.73. The minimum Gasteiger partial charge on any atom is -0.497 e. The number of rotatable bonds is 8. The zero-order chi connectivity index (χ0) is 24.2. The minimum absolute atomic E-state index is 0.0136. The summed E-state index contributed by atoms with van der Waals surface area (Å²) in [5.74, 6) is 0.313. The summed E-state index contributed by atoms with van der Waals surface area (Å²) in [6.07, 6.45) is 0. The lowest BCUT2D eigenvalue weighted by molar-refractivity contribution is -0.114. The van der Waals surface area contributed by atoms with Gasteiger partial charge in [-0.05, 0) is 79.9 Å². The predicted molar refractivity (Wildman–Crippen MR) is 130 cm³/mol. The number of carbonyl (C=O) groups is 1. The van der Waals surface area contributed by atoms with Gasteiger partial charge in [0.25, 0.3) is 10.0 Å². The smallest absolute Gasteiger partial charge is 0.268 e. The molecule has 0 aliphatic carbocycles. The fourth-order valence-electron chi connectivity index (χ4n) is 3.36. The molecule has 3 aromatic rings. The average molecular weight is 469 g/mol. The van der Waals surface area contributed by atoms with Crippen LogP contribution in [0.2, 0.25) is 0 Å². The van der Waals surface area contributed by atoms with Gasteiger partial charge in [0.05, 0.1) is 19.9 Å². The Morgan fingerprint density at radius 2 is 1.52 bits per heavy atom. The summed E-state index contributed by atoms with van der Waals surface area (Å²) in [5, 5.41) is 2.84. The van der Waals surface area contributed by atoms with Crippen molar-refractivity contribution in [2.24, 2.45) is 0 Å². The maximum absolute atomic E-state index is 13.8. The van der Waals surface area contributed by atoms with Gasteiger partial charge in [-0.1, -0.05) is 18.2 Å². The van der Waals surface area contributed by atoms with Crippen LogP contribution in [0.4, 0.5) is 11.4 Å². The number of nitrogens with zero attached hydrogens (tertiary/aromatic N) is 1. The van der Waals surface area contributed by atoms with Crippen LogP contribution in [0.25, 0.3) is 0 Å². The lowest BCUT2D eigenvalue weighted by atomic mass is 10.1. The Bertz CT molecular complexity index is 1250. The van der Waals surface area contributed by atoms with Gasteiger partial charge in [0.15, 0.2) is 0 Å². The number of aryl methyl sites for hydroxylation is 3. The number of carbonyl (C=O) groups excluding carboxylic acids is 1. The topological polar surface area (TPSA) is 84.9 Å². The molecule has 3 aromatic carbocycles. The van der Waals surface area contributed by atoms with Crippen molar-refractivity contribution in [3.8, 4) is 11.5 Å². The Balaban J connectivity index is 2.03. The zero-order valence-electron chi connectivity index (χ0n) is 19.4. The Labute approximate surface area is 195 Å². The van der Waals surface area contributed by atoms with Crippen LogP contribution >= 0.6 is 0 Å². The Morgan fingerprint density at radius 1 is 0.879 bits per heavy atom. The normalized spacial score (nSPS) is 11.1. The van der Waals surface area contributed by atoms with Crippen molar-refractivity contribution in [1.29, 1.82) is 0 Å². The number of nitrogens with one attached hydrogen (secondary N) is 1. The van der Waals surface area contributed by atoms with Crippen molar-refractivity contribution < 1.29 is 22.7 Å². The molecule has 0 radical (unpaired) electrons. The van der Waals surface area contributed by atoms with E-state index in [0.29, 0.717) is 17.1 Å². The molecule has 174 valence electrons. The molecular weight excluding hydrogens is 440 g/mol. The highest BCUT2D eigenvalue weighted by Crippen LogP contribution is 2.31. The van der Waals surface area contributed by atoms with Crippen LogP contribution in [0.1, 0.15) is 16.7 Å². The van der Waals surface area contributed by atoms with Crippen LogP contribution in [0.15, 0.2) is 65.6 Å². The number of hydrogen-bond acceptors (Lipinski definition) is 5. The Hall–Kier alpha value is -3.52. The predicted octanol–water partition coefficient (Wildman–Crippen LogP) is 4.46. The minimum atomic E-state index is -4.14. The van der Waals surface area contributed by atoms with E-state index in [1.807, 2.05) is 32.0 Å². The van der Waals surface area contributed by atoms with Crippen molar-refractivity contribution in [1.82, 2.24) is 0 Å². The summed E-state index contributed by atoms with van der Waals surface area (Å²) >= 11 is 0. The molecule has 0 aromatic heterocycles. The Morgan fingerprint density at radius 3 is 2.15 bits per heavy atom. The molecule has 1 amide bonds. The molecule has 0 heterocycles. The third kappa shape index (κ3) is 5.46. The third-order valence-corrected chi connectivity index (χ3v) is 7.00. The van der Waals surface area contributed by atoms with Gasteiger partial charge in [-0.25, -0.2) is 8.42 Å². The molecule has 0 fully saturated rings. The summed E-state index contributed by atoms with van der Waals surface area (Å²) in [7, 11) is -1.20. The summed E-state index contributed by atoms with van der Waals surface area (Å²) in [6.45, 7) is 5.18. The SMILES string of the molecule is COc1ccc(N(CC(=O)Nc2cc(C)ccc2C)S(=O)(=O)c2cc(C)ccc2OC)cc1. The summed E-state index contributed by atoms with van der Waals surface area (Å²) < 4.78 is 39.1. The van der Waals surface area contributed by atoms with Gasteiger partial charge >= 0.3 is 0 Å². The first-order valence-corrected chi connectivity index (χ1v) is 11.8. The van der Waals surface area contributed by atoms with Crippen LogP contribution in [0.3, 0.4) is 0 Å². The van der Waals surface area contributed by atoms with Gasteiger partial charge in [-0.15, -0.1) is 0 Å². The number of sulfonamides is 1.